The van der Waals surface area contributed by atoms with Crippen molar-refractivity contribution in [1.82, 2.24) is 10.1 Å². The Morgan fingerprint density at radius 2 is 1.94 bits per heavy atom. The van der Waals surface area contributed by atoms with Gasteiger partial charge in [0, 0.05) is 5.69 Å². The topological polar surface area (TPSA) is 66.0 Å². The second kappa shape index (κ2) is 8.41. The second-order valence-corrected chi connectivity index (χ2v) is 6.65. The van der Waals surface area contributed by atoms with Gasteiger partial charge in [-0.05, 0) is 36.8 Å². The van der Waals surface area contributed by atoms with E-state index in [9.17, 15) is 30.7 Å². The lowest BCUT2D eigenvalue weighted by molar-refractivity contribution is -0.137. The van der Waals surface area contributed by atoms with Crippen molar-refractivity contribution in [3.63, 3.8) is 0 Å². The first-order valence-corrected chi connectivity index (χ1v) is 8.75. The van der Waals surface area contributed by atoms with Crippen LogP contribution in [0.3, 0.4) is 0 Å². The maximum atomic E-state index is 13.2. The standard InChI is InChI=1S/C19H13F7N4O/c20-13-4-1-11(2-5-13)17-28-16(29-31-17)9-30(10-18(21,22)23)14-6-3-12(8-27)15(7-14)19(24,25)26/h1,3-7,11H,2,9-10H2. The molecule has 0 saturated heterocycles. The van der Waals surface area contributed by atoms with E-state index < -0.39 is 54.0 Å². The quantitative estimate of drug-likeness (QED) is 0.574. The second-order valence-electron chi connectivity index (χ2n) is 6.65. The maximum absolute atomic E-state index is 13.2. The molecule has 1 aromatic heterocycles. The van der Waals surface area contributed by atoms with Gasteiger partial charge in [-0.25, -0.2) is 4.39 Å². The molecule has 1 aliphatic carbocycles. The van der Waals surface area contributed by atoms with E-state index in [4.69, 9.17) is 9.78 Å². The number of hydrogen-bond acceptors (Lipinski definition) is 5. The van der Waals surface area contributed by atoms with Crippen molar-refractivity contribution in [3.8, 4) is 6.07 Å². The summed E-state index contributed by atoms with van der Waals surface area (Å²) >= 11 is 0. The fraction of sp³-hybridized carbons (Fsp3) is 0.316. The monoisotopic (exact) mass is 446 g/mol. The van der Waals surface area contributed by atoms with Crippen LogP contribution in [0, 0.1) is 11.3 Å². The van der Waals surface area contributed by atoms with Gasteiger partial charge in [0.05, 0.1) is 29.7 Å². The van der Waals surface area contributed by atoms with Crippen molar-refractivity contribution < 1.29 is 35.3 Å². The number of hydrogen-bond donors (Lipinski definition) is 0. The first-order chi connectivity index (χ1) is 14.5. The molecule has 0 bridgehead atoms. The van der Waals surface area contributed by atoms with Gasteiger partial charge in [0.2, 0.25) is 5.89 Å². The third-order valence-corrected chi connectivity index (χ3v) is 4.35. The zero-order valence-corrected chi connectivity index (χ0v) is 15.5. The molecule has 1 aromatic carbocycles. The van der Waals surface area contributed by atoms with Gasteiger partial charge in [-0.3, -0.25) is 0 Å². The summed E-state index contributed by atoms with van der Waals surface area (Å²) in [6.45, 7) is -2.19. The molecule has 1 atom stereocenters. The van der Waals surface area contributed by atoms with Crippen molar-refractivity contribution in [2.75, 3.05) is 11.4 Å². The average Bonchev–Trinajstić information content (AvgIpc) is 3.14. The highest BCUT2D eigenvalue weighted by atomic mass is 19.4. The van der Waals surface area contributed by atoms with Crippen molar-refractivity contribution in [1.29, 1.82) is 5.26 Å². The van der Waals surface area contributed by atoms with Crippen LogP contribution in [0.25, 0.3) is 0 Å². The molecule has 1 unspecified atom stereocenters. The molecule has 1 heterocycles. The zero-order valence-electron chi connectivity index (χ0n) is 15.5. The number of anilines is 1. The molecule has 0 fully saturated rings. The Hall–Kier alpha value is -3.36. The maximum Gasteiger partial charge on any atom is 0.417 e. The summed E-state index contributed by atoms with van der Waals surface area (Å²) in [5.74, 6) is -1.07. The van der Waals surface area contributed by atoms with E-state index in [1.54, 1.807) is 0 Å². The van der Waals surface area contributed by atoms with Crippen LogP contribution in [0.4, 0.5) is 36.4 Å². The van der Waals surface area contributed by atoms with E-state index in [1.165, 1.54) is 24.3 Å². The zero-order chi connectivity index (χ0) is 22.8. The Morgan fingerprint density at radius 1 is 1.19 bits per heavy atom. The van der Waals surface area contributed by atoms with Crippen LogP contribution in [0.5, 0.6) is 0 Å². The number of nitrogens with zero attached hydrogens (tertiary/aromatic N) is 4. The molecular formula is C19H13F7N4O. The Morgan fingerprint density at radius 3 is 2.52 bits per heavy atom. The lowest BCUT2D eigenvalue weighted by Gasteiger charge is -2.25. The van der Waals surface area contributed by atoms with E-state index in [0.717, 1.165) is 12.1 Å². The normalized spacial score (nSPS) is 16.7. The molecule has 3 rings (SSSR count). The summed E-state index contributed by atoms with van der Waals surface area (Å²) in [6, 6.07) is 3.63. The number of halogens is 7. The molecule has 0 amide bonds. The van der Waals surface area contributed by atoms with Gasteiger partial charge in [0.25, 0.3) is 0 Å². The van der Waals surface area contributed by atoms with Crippen LogP contribution >= 0.6 is 0 Å². The molecule has 0 saturated carbocycles. The number of nitriles is 1. The van der Waals surface area contributed by atoms with E-state index in [-0.39, 0.29) is 18.1 Å². The van der Waals surface area contributed by atoms with Gasteiger partial charge in [0.15, 0.2) is 5.82 Å². The smallest absolute Gasteiger partial charge is 0.355 e. The summed E-state index contributed by atoms with van der Waals surface area (Å²) < 4.78 is 96.9. The lowest BCUT2D eigenvalue weighted by Crippen LogP contribution is -2.34. The average molecular weight is 446 g/mol. The van der Waals surface area contributed by atoms with Gasteiger partial charge in [-0.2, -0.15) is 36.6 Å². The van der Waals surface area contributed by atoms with E-state index in [0.29, 0.717) is 11.0 Å². The number of rotatable bonds is 5. The van der Waals surface area contributed by atoms with Gasteiger partial charge < -0.3 is 9.42 Å². The van der Waals surface area contributed by atoms with Crippen LogP contribution in [0.15, 0.2) is 46.8 Å². The predicted molar refractivity (Wildman–Crippen MR) is 93.3 cm³/mol. The highest BCUT2D eigenvalue weighted by Crippen LogP contribution is 2.35. The molecule has 0 aliphatic heterocycles. The van der Waals surface area contributed by atoms with Gasteiger partial charge >= 0.3 is 12.4 Å². The van der Waals surface area contributed by atoms with E-state index in [1.807, 2.05) is 0 Å². The van der Waals surface area contributed by atoms with Crippen LogP contribution in [-0.4, -0.2) is 22.9 Å². The first-order valence-electron chi connectivity index (χ1n) is 8.75. The fourth-order valence-corrected chi connectivity index (χ4v) is 2.95. The molecule has 5 nitrogen and oxygen atoms in total. The molecule has 12 heteroatoms. The van der Waals surface area contributed by atoms with Crippen molar-refractivity contribution in [3.05, 3.63) is 65.1 Å². The van der Waals surface area contributed by atoms with Gasteiger partial charge in [0.1, 0.15) is 12.4 Å². The SMILES string of the molecule is N#Cc1ccc(N(Cc2noc(C3C=CC(F)=CC3)n2)CC(F)(F)F)cc1C(F)(F)F. The molecular weight excluding hydrogens is 433 g/mol. The molecule has 2 aromatic rings. The minimum atomic E-state index is -4.93. The number of alkyl halides is 6. The third-order valence-electron chi connectivity index (χ3n) is 4.35. The lowest BCUT2D eigenvalue weighted by atomic mass is 10.0. The van der Waals surface area contributed by atoms with Crippen molar-refractivity contribution in [2.45, 2.75) is 31.2 Å². The Bertz CT molecular complexity index is 1050. The molecule has 0 radical (unpaired) electrons. The van der Waals surface area contributed by atoms with Crippen LogP contribution in [0.2, 0.25) is 0 Å². The highest BCUT2D eigenvalue weighted by Gasteiger charge is 2.36. The molecule has 164 valence electrons. The summed E-state index contributed by atoms with van der Waals surface area (Å²) in [4.78, 5) is 4.59. The fourth-order valence-electron chi connectivity index (χ4n) is 2.95. The molecule has 0 spiro atoms. The van der Waals surface area contributed by atoms with E-state index in [2.05, 4.69) is 10.1 Å². The molecule has 31 heavy (non-hydrogen) atoms. The highest BCUT2D eigenvalue weighted by molar-refractivity contribution is 5.55. The van der Waals surface area contributed by atoms with Crippen LogP contribution < -0.4 is 4.90 Å². The summed E-state index contributed by atoms with van der Waals surface area (Å²) in [5, 5.41) is 12.5. The Kier molecular flexibility index (Phi) is 6.06. The van der Waals surface area contributed by atoms with Gasteiger partial charge in [-0.15, -0.1) is 0 Å². The minimum Gasteiger partial charge on any atom is -0.355 e. The summed E-state index contributed by atoms with van der Waals surface area (Å²) in [7, 11) is 0. The minimum absolute atomic E-state index is 0.0396. The largest absolute Gasteiger partial charge is 0.417 e. The number of benzene rings is 1. The molecule has 1 aliphatic rings. The van der Waals surface area contributed by atoms with Crippen LogP contribution in [-0.2, 0) is 12.7 Å². The number of allylic oxidation sites excluding steroid dienone is 4. The molecule has 0 N–H and O–H groups in total. The van der Waals surface area contributed by atoms with Crippen molar-refractivity contribution in [2.24, 2.45) is 0 Å². The Labute approximate surface area is 171 Å². The Balaban J connectivity index is 1.90. The predicted octanol–water partition coefficient (Wildman–Crippen LogP) is 5.43. The van der Waals surface area contributed by atoms with Gasteiger partial charge in [-0.1, -0.05) is 11.2 Å². The summed E-state index contributed by atoms with van der Waals surface area (Å²) in [6.07, 6.45) is -5.55. The summed E-state index contributed by atoms with van der Waals surface area (Å²) in [5.41, 5.74) is -2.48. The van der Waals surface area contributed by atoms with Crippen LogP contribution in [0.1, 0.15) is 35.2 Å². The first kappa shape index (κ1) is 22.3. The number of aromatic nitrogens is 2. The third kappa shape index (κ3) is 5.62. The van der Waals surface area contributed by atoms with E-state index >= 15 is 0 Å². The van der Waals surface area contributed by atoms with Crippen molar-refractivity contribution >= 4 is 5.69 Å².